The second-order valence-corrected chi connectivity index (χ2v) is 14.7. The van der Waals surface area contributed by atoms with E-state index in [4.69, 9.17) is 9.98 Å². The van der Waals surface area contributed by atoms with E-state index in [0.29, 0.717) is 28.5 Å². The Bertz CT molecular complexity index is 1060. The summed E-state index contributed by atoms with van der Waals surface area (Å²) < 4.78 is 0.311. The van der Waals surface area contributed by atoms with Crippen LogP contribution in [0.1, 0.15) is 115 Å². The SMILES string of the molecule is O.[CH3][Al][CH](C(C)=Nc1c(C(C)C)cccc1C(C)C)C(C)=Nc1c(C(C)C)cccc1C(C)C.[CH]1[CH][CH][CH][CH]1.[CH]1[CH][CH][CH][CH]1.[CH]1[CH][CH][CH][CH]1.[Dy+3]. The van der Waals surface area contributed by atoms with Crippen molar-refractivity contribution in [1.82, 2.24) is 0 Å². The number of aliphatic imine (C=N–C) groups is 2. The van der Waals surface area contributed by atoms with Crippen molar-refractivity contribution in [3.05, 3.63) is 155 Å². The van der Waals surface area contributed by atoms with Crippen molar-refractivity contribution in [1.29, 1.82) is 0 Å². The smallest absolute Gasteiger partial charge is 0.412 e. The Hall–Kier alpha value is -0.455. The molecule has 3 aliphatic carbocycles. The van der Waals surface area contributed by atoms with Crippen LogP contribution in [-0.4, -0.2) is 32.1 Å². The summed E-state index contributed by atoms with van der Waals surface area (Å²) in [5.41, 5.74) is 10.1. The maximum absolute atomic E-state index is 5.31. The van der Waals surface area contributed by atoms with E-state index in [1.807, 2.05) is 96.3 Å². The number of nitrogens with zero attached hydrogens (tertiary/aromatic N) is 2. The Kier molecular flexibility index (Phi) is 27.8. The Balaban J connectivity index is 0.00000114. The van der Waals surface area contributed by atoms with Gasteiger partial charge in [-0.25, -0.2) is 0 Å². The predicted octanol–water partition coefficient (Wildman–Crippen LogP) is 11.8. The van der Waals surface area contributed by atoms with Crippen LogP contribution in [0, 0.1) is 134 Å². The molecule has 17 radical (unpaired) electrons. The van der Waals surface area contributed by atoms with Crippen LogP contribution in [-0.2, 0) is 0 Å². The van der Waals surface area contributed by atoms with Crippen molar-refractivity contribution in [2.75, 3.05) is 0 Å². The molecule has 0 saturated heterocycles. The summed E-state index contributed by atoms with van der Waals surface area (Å²) >= 11 is 0.165. The minimum absolute atomic E-state index is 0. The quantitative estimate of drug-likeness (QED) is 0.178. The first-order valence-corrected chi connectivity index (χ1v) is 19.5. The third-order valence-corrected chi connectivity index (χ3v) is 9.79. The molecular weight excluding hydrogens is 774 g/mol. The fraction of sp³-hybridized carbons (Fsp3) is 0.356. The number of rotatable bonds is 9. The molecule has 0 amide bonds. The third-order valence-electron chi connectivity index (χ3n) is 8.16. The molecule has 267 valence electrons. The minimum Gasteiger partial charge on any atom is -0.412 e. The van der Waals surface area contributed by atoms with Crippen molar-refractivity contribution in [3.63, 3.8) is 0 Å². The summed E-state index contributed by atoms with van der Waals surface area (Å²) in [5.74, 6) is 4.12. The molecule has 0 aliphatic heterocycles. The first kappa shape index (κ1) is 49.5. The fourth-order valence-electron chi connectivity index (χ4n) is 5.52. The maximum Gasteiger partial charge on any atom is 3.00 e. The van der Waals surface area contributed by atoms with Crippen LogP contribution in [0.2, 0.25) is 10.6 Å². The van der Waals surface area contributed by atoms with E-state index in [-0.39, 0.29) is 58.9 Å². The number of benzene rings is 2. The van der Waals surface area contributed by atoms with Gasteiger partial charge in [-0.2, -0.15) is 0 Å². The van der Waals surface area contributed by atoms with E-state index in [0.717, 1.165) is 0 Å². The van der Waals surface area contributed by atoms with Gasteiger partial charge in [-0.05, 0) is 161 Å². The summed E-state index contributed by atoms with van der Waals surface area (Å²) in [5, 5.41) is 0. The van der Waals surface area contributed by atoms with Gasteiger partial charge in [0.15, 0.2) is 0 Å². The van der Waals surface area contributed by atoms with E-state index in [2.05, 4.69) is 111 Å². The van der Waals surface area contributed by atoms with Crippen LogP contribution in [0.3, 0.4) is 0 Å². The summed E-state index contributed by atoms with van der Waals surface area (Å²) in [4.78, 5) is 10.6. The Morgan fingerprint density at radius 3 is 0.800 bits per heavy atom. The molecule has 50 heavy (non-hydrogen) atoms. The second-order valence-electron chi connectivity index (χ2n) is 13.4. The molecule has 3 saturated carbocycles. The molecular formula is C45H61AlDyN2O+3. The maximum atomic E-state index is 5.31. The summed E-state index contributed by atoms with van der Waals surface area (Å²) in [7, 11) is 0. The zero-order chi connectivity index (χ0) is 35.5. The average molecular weight is 835 g/mol. The topological polar surface area (TPSA) is 56.2 Å². The van der Waals surface area contributed by atoms with Gasteiger partial charge in [-0.15, -0.1) is 5.79 Å². The Morgan fingerprint density at radius 1 is 0.440 bits per heavy atom. The molecule has 0 spiro atoms. The van der Waals surface area contributed by atoms with Gasteiger partial charge < -0.3 is 5.48 Å². The van der Waals surface area contributed by atoms with Gasteiger partial charge in [-0.1, -0.05) is 91.8 Å². The Morgan fingerprint density at radius 2 is 0.640 bits per heavy atom. The van der Waals surface area contributed by atoms with Crippen LogP contribution in [0.5, 0.6) is 0 Å². The zero-order valence-electron chi connectivity index (χ0n) is 32.3. The predicted molar refractivity (Wildman–Crippen MR) is 218 cm³/mol. The minimum atomic E-state index is 0. The van der Waals surface area contributed by atoms with E-state index in [9.17, 15) is 0 Å². The van der Waals surface area contributed by atoms with Crippen molar-refractivity contribution in [2.45, 2.75) is 103 Å². The van der Waals surface area contributed by atoms with Gasteiger partial charge in [0, 0.05) is 11.4 Å². The van der Waals surface area contributed by atoms with Crippen molar-refractivity contribution in [2.24, 2.45) is 9.98 Å². The second kappa shape index (κ2) is 28.1. The van der Waals surface area contributed by atoms with Gasteiger partial charge in [0.05, 0.1) is 11.4 Å². The third kappa shape index (κ3) is 17.6. The molecule has 5 rings (SSSR count). The van der Waals surface area contributed by atoms with Crippen molar-refractivity contribution in [3.8, 4) is 0 Å². The zero-order valence-corrected chi connectivity index (χ0v) is 35.5. The van der Waals surface area contributed by atoms with E-state index >= 15 is 0 Å². The summed E-state index contributed by atoms with van der Waals surface area (Å²) in [6, 6.07) is 13.3. The largest absolute Gasteiger partial charge is 3.00 e. The molecule has 3 nitrogen and oxygen atoms in total. The van der Waals surface area contributed by atoms with Crippen LogP contribution < -0.4 is 0 Å². The molecule has 2 N–H and O–H groups in total. The Labute approximate surface area is 347 Å². The van der Waals surface area contributed by atoms with Gasteiger partial charge >= 0.3 is 38.2 Å². The van der Waals surface area contributed by atoms with Crippen LogP contribution in [0.4, 0.5) is 11.4 Å². The van der Waals surface area contributed by atoms with Gasteiger partial charge in [0.25, 0.3) is 0 Å². The molecule has 0 aromatic heterocycles. The molecule has 3 aliphatic rings. The number of hydrogen-bond acceptors (Lipinski definition) is 2. The van der Waals surface area contributed by atoms with Crippen LogP contribution >= 0.6 is 0 Å². The van der Waals surface area contributed by atoms with Crippen molar-refractivity contribution >= 4 is 38.0 Å². The number of para-hydroxylation sites is 2. The normalized spacial score (nSPS) is 16.5. The summed E-state index contributed by atoms with van der Waals surface area (Å²) in [6.07, 6.45) is 30.0. The molecule has 2 aromatic carbocycles. The average Bonchev–Trinajstić information content (AvgIpc) is 3.89. The molecule has 0 unspecified atom stereocenters. The van der Waals surface area contributed by atoms with Gasteiger partial charge in [0.2, 0.25) is 15.2 Å². The monoisotopic (exact) mass is 836 g/mol. The van der Waals surface area contributed by atoms with Gasteiger partial charge in [-0.3, -0.25) is 9.98 Å². The van der Waals surface area contributed by atoms with Crippen LogP contribution in [0.15, 0.2) is 46.4 Å². The van der Waals surface area contributed by atoms with Crippen LogP contribution in [0.25, 0.3) is 0 Å². The first-order chi connectivity index (χ1) is 23.0. The molecule has 5 heteroatoms. The van der Waals surface area contributed by atoms with E-state index in [1.54, 1.807) is 0 Å². The van der Waals surface area contributed by atoms with E-state index in [1.165, 1.54) is 45.1 Å². The standard InChI is InChI=1S/C29H41N2.3C5H5.CH3.Al.Dy.H2O/c1-18(2)24-13-11-14-25(19(3)4)28(24)30-22(9)17-23(10)31-29-26(20(5)6)15-12-16-27(29)21(7)8;3*1-2-4-5-3-1;;;;/h11-21H,1-10H3;3*1-5H;1H3;;;1H2/q;;;;;;+3;. The van der Waals surface area contributed by atoms with E-state index < -0.39 is 0 Å². The molecule has 0 bridgehead atoms. The molecule has 0 heterocycles. The molecule has 3 fully saturated rings. The van der Waals surface area contributed by atoms with Crippen molar-refractivity contribution < 1.29 is 43.6 Å². The van der Waals surface area contributed by atoms with Gasteiger partial charge in [0.1, 0.15) is 0 Å². The molecule has 0 atom stereocenters. The summed E-state index contributed by atoms with van der Waals surface area (Å²) in [6.45, 7) is 22.5. The number of hydrogen-bond donors (Lipinski definition) is 0. The first-order valence-electron chi connectivity index (χ1n) is 17.6. The molecule has 2 aromatic rings. The fourth-order valence-corrected chi connectivity index (χ4v) is 6.63.